The molecule has 0 unspecified atom stereocenters. The van der Waals surface area contributed by atoms with Crippen LogP contribution in [0.25, 0.3) is 34.8 Å². The van der Waals surface area contributed by atoms with Crippen LogP contribution in [0.15, 0.2) is 41.3 Å². The molecule has 0 aliphatic rings. The number of carbonyl (C=O) groups is 2. The summed E-state index contributed by atoms with van der Waals surface area (Å²) in [5, 5.41) is 4.23. The van der Waals surface area contributed by atoms with Gasteiger partial charge in [-0.1, -0.05) is 6.92 Å². The average molecular weight is 517 g/mol. The normalized spacial score (nSPS) is 12.2. The summed E-state index contributed by atoms with van der Waals surface area (Å²) >= 11 is 6.60. The van der Waals surface area contributed by atoms with Gasteiger partial charge in [-0.05, 0) is 73.0 Å². The summed E-state index contributed by atoms with van der Waals surface area (Å²) in [7, 11) is 0. The molecule has 0 fully saturated rings. The van der Waals surface area contributed by atoms with E-state index in [2.05, 4.69) is 31.2 Å². The largest absolute Gasteiger partial charge is 0.463 e. The number of benzene rings is 1. The van der Waals surface area contributed by atoms with Crippen molar-refractivity contribution in [2.45, 2.75) is 27.7 Å². The fourth-order valence-electron chi connectivity index (χ4n) is 3.51. The third-order valence-corrected chi connectivity index (χ3v) is 9.51. The molecule has 0 radical (unpaired) electrons. The van der Waals surface area contributed by atoms with Gasteiger partial charge in [0.05, 0.1) is 23.7 Å². The Morgan fingerprint density at radius 2 is 1.64 bits per heavy atom. The molecule has 3 heterocycles. The third kappa shape index (κ3) is 4.89. The minimum absolute atomic E-state index is 0.259. The first-order valence-corrected chi connectivity index (χ1v) is 14.2. The first-order chi connectivity index (χ1) is 16.0. The number of thiophene rings is 3. The van der Waals surface area contributed by atoms with Crippen molar-refractivity contribution in [3.63, 3.8) is 0 Å². The van der Waals surface area contributed by atoms with Crippen LogP contribution in [0, 0.1) is 0 Å². The lowest BCUT2D eigenvalue weighted by Gasteiger charge is -2.08. The van der Waals surface area contributed by atoms with E-state index in [9.17, 15) is 9.59 Å². The number of fused-ring (bicyclic) bond motifs is 2. The lowest BCUT2D eigenvalue weighted by Crippen LogP contribution is -2.06. The quantitative estimate of drug-likeness (QED) is 0.175. The molecule has 4 nitrogen and oxygen atoms in total. The van der Waals surface area contributed by atoms with Gasteiger partial charge in [0.1, 0.15) is 0 Å². The van der Waals surface area contributed by atoms with Gasteiger partial charge in [-0.25, -0.2) is 9.59 Å². The standard InChI is InChI=1S/C25H24O4S4/c1-5-28-24(26)14(4)22(30-7-3)20-12-15-10-19-16(11-18(15)32-20)13-21(33-19)23-17(8-9-31-23)25(27)29-6-2/h8-13H,5-7H2,1-4H3/b22-14+. The Bertz CT molecular complexity index is 1300. The highest BCUT2D eigenvalue weighted by Gasteiger charge is 2.19. The summed E-state index contributed by atoms with van der Waals surface area (Å²) in [5.74, 6) is 0.342. The zero-order valence-electron chi connectivity index (χ0n) is 18.9. The van der Waals surface area contributed by atoms with E-state index in [-0.39, 0.29) is 11.9 Å². The van der Waals surface area contributed by atoms with Crippen LogP contribution < -0.4 is 0 Å². The van der Waals surface area contributed by atoms with Gasteiger partial charge in [-0.3, -0.25) is 0 Å². The molecule has 0 saturated heterocycles. The molecule has 33 heavy (non-hydrogen) atoms. The zero-order chi connectivity index (χ0) is 23.5. The number of carbonyl (C=O) groups excluding carboxylic acids is 2. The maximum Gasteiger partial charge on any atom is 0.339 e. The van der Waals surface area contributed by atoms with Crippen LogP contribution >= 0.6 is 45.8 Å². The van der Waals surface area contributed by atoms with Gasteiger partial charge in [0, 0.05) is 29.6 Å². The molecule has 0 atom stereocenters. The van der Waals surface area contributed by atoms with Crippen LogP contribution in [0.5, 0.6) is 0 Å². The Labute approximate surface area is 209 Å². The lowest BCUT2D eigenvalue weighted by atomic mass is 10.1. The summed E-state index contributed by atoms with van der Waals surface area (Å²) in [4.78, 5) is 28.8. The van der Waals surface area contributed by atoms with E-state index >= 15 is 0 Å². The van der Waals surface area contributed by atoms with Gasteiger partial charge < -0.3 is 9.47 Å². The molecule has 4 rings (SSSR count). The molecule has 0 aliphatic carbocycles. The van der Waals surface area contributed by atoms with E-state index in [1.165, 1.54) is 9.40 Å². The molecular formula is C25H24O4S4. The highest BCUT2D eigenvalue weighted by atomic mass is 32.2. The number of ether oxygens (including phenoxy) is 2. The fraction of sp³-hybridized carbons (Fsp3) is 0.280. The predicted molar refractivity (Wildman–Crippen MR) is 144 cm³/mol. The van der Waals surface area contributed by atoms with Gasteiger partial charge in [0.2, 0.25) is 0 Å². The third-order valence-electron chi connectivity index (χ3n) is 4.97. The van der Waals surface area contributed by atoms with Crippen molar-refractivity contribution in [1.82, 2.24) is 0 Å². The van der Waals surface area contributed by atoms with Crippen molar-refractivity contribution in [3.05, 3.63) is 51.7 Å². The average Bonchev–Trinajstić information content (AvgIpc) is 3.52. The van der Waals surface area contributed by atoms with Crippen molar-refractivity contribution in [2.75, 3.05) is 19.0 Å². The molecule has 0 bridgehead atoms. The fourth-order valence-corrected chi connectivity index (χ4v) is 7.80. The minimum Gasteiger partial charge on any atom is -0.463 e. The zero-order valence-corrected chi connectivity index (χ0v) is 22.1. The van der Waals surface area contributed by atoms with E-state index in [0.29, 0.717) is 24.4 Å². The lowest BCUT2D eigenvalue weighted by molar-refractivity contribution is -0.138. The SMILES string of the molecule is CCOC(=O)/C(C)=C(/SCC)c1cc2cc3sc(-c4sccc4C(=O)OCC)cc3cc2s1. The highest BCUT2D eigenvalue weighted by Crippen LogP contribution is 2.43. The smallest absolute Gasteiger partial charge is 0.339 e. The second-order valence-corrected chi connectivity index (χ2v) is 11.5. The molecule has 0 amide bonds. The Balaban J connectivity index is 1.74. The van der Waals surface area contributed by atoms with E-state index in [4.69, 9.17) is 9.47 Å². The van der Waals surface area contributed by atoms with Crippen molar-refractivity contribution in [3.8, 4) is 9.75 Å². The van der Waals surface area contributed by atoms with Crippen molar-refractivity contribution in [2.24, 2.45) is 0 Å². The summed E-state index contributed by atoms with van der Waals surface area (Å²) in [5.41, 5.74) is 1.28. The maximum absolute atomic E-state index is 12.3. The van der Waals surface area contributed by atoms with E-state index in [0.717, 1.165) is 36.1 Å². The highest BCUT2D eigenvalue weighted by molar-refractivity contribution is 8.08. The minimum atomic E-state index is -0.276. The maximum atomic E-state index is 12.3. The summed E-state index contributed by atoms with van der Waals surface area (Å²) in [6, 6.07) is 10.5. The summed E-state index contributed by atoms with van der Waals surface area (Å²) in [6.45, 7) is 8.30. The van der Waals surface area contributed by atoms with Crippen LogP contribution in [0.1, 0.15) is 42.9 Å². The Kier molecular flexibility index (Phi) is 7.58. The first kappa shape index (κ1) is 24.0. The van der Waals surface area contributed by atoms with Crippen molar-refractivity contribution >= 4 is 82.8 Å². The van der Waals surface area contributed by atoms with Crippen molar-refractivity contribution < 1.29 is 19.1 Å². The number of hydrogen-bond donors (Lipinski definition) is 0. The van der Waals surface area contributed by atoms with Crippen LogP contribution in [-0.2, 0) is 14.3 Å². The molecule has 0 N–H and O–H groups in total. The Hall–Kier alpha value is -2.13. The predicted octanol–water partition coefficient (Wildman–Crippen LogP) is 8.07. The second-order valence-electron chi connectivity index (χ2n) is 7.14. The molecule has 1 aromatic carbocycles. The molecule has 3 aromatic heterocycles. The molecule has 8 heteroatoms. The molecule has 0 aliphatic heterocycles. The van der Waals surface area contributed by atoms with Crippen LogP contribution in [0.2, 0.25) is 0 Å². The molecule has 0 saturated carbocycles. The van der Waals surface area contributed by atoms with Gasteiger partial charge >= 0.3 is 11.9 Å². The van der Waals surface area contributed by atoms with E-state index < -0.39 is 0 Å². The van der Waals surface area contributed by atoms with Gasteiger partial charge in [-0.2, -0.15) is 0 Å². The molecular weight excluding hydrogens is 493 g/mol. The van der Waals surface area contributed by atoms with Gasteiger partial charge in [0.15, 0.2) is 0 Å². The first-order valence-electron chi connectivity index (χ1n) is 10.7. The monoisotopic (exact) mass is 516 g/mol. The molecule has 0 spiro atoms. The molecule has 4 aromatic rings. The number of thioether (sulfide) groups is 1. The van der Waals surface area contributed by atoms with Crippen LogP contribution in [0.3, 0.4) is 0 Å². The topological polar surface area (TPSA) is 52.6 Å². The summed E-state index contributed by atoms with van der Waals surface area (Å²) in [6.07, 6.45) is 0. The van der Waals surface area contributed by atoms with Crippen molar-refractivity contribution in [1.29, 1.82) is 0 Å². The second kappa shape index (κ2) is 10.4. The van der Waals surface area contributed by atoms with Gasteiger partial charge in [-0.15, -0.1) is 45.8 Å². The van der Waals surface area contributed by atoms with E-state index in [1.807, 2.05) is 32.2 Å². The van der Waals surface area contributed by atoms with Crippen LogP contribution in [0.4, 0.5) is 0 Å². The van der Waals surface area contributed by atoms with E-state index in [1.54, 1.807) is 45.8 Å². The molecule has 172 valence electrons. The van der Waals surface area contributed by atoms with Gasteiger partial charge in [0.25, 0.3) is 0 Å². The number of esters is 2. The van der Waals surface area contributed by atoms with Crippen LogP contribution in [-0.4, -0.2) is 30.9 Å². The number of rotatable bonds is 8. The number of hydrogen-bond acceptors (Lipinski definition) is 8. The Morgan fingerprint density at radius 1 is 0.939 bits per heavy atom. The summed E-state index contributed by atoms with van der Waals surface area (Å²) < 4.78 is 12.8. The Morgan fingerprint density at radius 3 is 2.33 bits per heavy atom.